The van der Waals surface area contributed by atoms with Crippen molar-refractivity contribution in [3.63, 3.8) is 0 Å². The number of hydrogen-bond donors (Lipinski definition) is 1. The fourth-order valence-electron chi connectivity index (χ4n) is 3.82. The fraction of sp³-hybridized carbons (Fsp3) is 0.478. The fourth-order valence-corrected chi connectivity index (χ4v) is 5.19. The van der Waals surface area contributed by atoms with Crippen molar-refractivity contribution >= 4 is 7.75 Å². The van der Waals surface area contributed by atoms with Gasteiger partial charge in [0.05, 0.1) is 12.7 Å². The molecule has 1 heterocycles. The second kappa shape index (κ2) is 12.5. The molecule has 1 fully saturated rings. The van der Waals surface area contributed by atoms with Gasteiger partial charge in [0.2, 0.25) is 0 Å². The minimum absolute atomic E-state index is 0.103. The van der Waals surface area contributed by atoms with Gasteiger partial charge in [0.25, 0.3) is 0 Å². The van der Waals surface area contributed by atoms with Crippen LogP contribution >= 0.6 is 7.75 Å². The first-order valence-corrected chi connectivity index (χ1v) is 12.1. The van der Waals surface area contributed by atoms with Crippen LogP contribution in [0.1, 0.15) is 0 Å². The summed E-state index contributed by atoms with van der Waals surface area (Å²) in [5.41, 5.74) is 0. The van der Waals surface area contributed by atoms with Crippen molar-refractivity contribution in [2.24, 2.45) is 0 Å². The lowest BCUT2D eigenvalue weighted by atomic mass is 9.94. The molecule has 0 spiro atoms. The van der Waals surface area contributed by atoms with Crippen LogP contribution < -0.4 is 14.1 Å². The third-order valence-corrected chi connectivity index (χ3v) is 6.77. The van der Waals surface area contributed by atoms with Gasteiger partial charge in [0, 0.05) is 35.0 Å². The summed E-state index contributed by atoms with van der Waals surface area (Å²) >= 11 is 0. The van der Waals surface area contributed by atoms with Gasteiger partial charge in [-0.1, -0.05) is 36.4 Å². The van der Waals surface area contributed by atoms with Gasteiger partial charge in [-0.2, -0.15) is 5.09 Å². The molecule has 3 rings (SSSR count). The number of rotatable bonds is 12. The number of benzene rings is 2. The monoisotopic (exact) mass is 481 g/mol. The Morgan fingerprint density at radius 2 is 1.24 bits per heavy atom. The smallest absolute Gasteiger partial charge is 0.405 e. The molecule has 10 heteroatoms. The van der Waals surface area contributed by atoms with Crippen LogP contribution in [-0.4, -0.2) is 72.1 Å². The van der Waals surface area contributed by atoms with Crippen molar-refractivity contribution in [1.29, 1.82) is 0 Å². The zero-order chi connectivity index (χ0) is 23.7. The molecule has 2 aromatic rings. The molecule has 9 nitrogen and oxygen atoms in total. The molecule has 33 heavy (non-hydrogen) atoms. The average molecular weight is 481 g/mol. The van der Waals surface area contributed by atoms with Crippen molar-refractivity contribution in [2.75, 3.05) is 41.6 Å². The second-order valence-electron chi connectivity index (χ2n) is 7.44. The van der Waals surface area contributed by atoms with Gasteiger partial charge in [-0.25, -0.2) is 4.57 Å². The van der Waals surface area contributed by atoms with Crippen molar-refractivity contribution < 1.29 is 37.3 Å². The SMILES string of the molecule is COC[C@H]1O[C@H](CNP(=O)(Oc2ccccc2)Oc2ccccc2)[C@H](OC)[C@@H](OC)[C@@H]1OC. The maximum Gasteiger partial charge on any atom is 0.512 e. The summed E-state index contributed by atoms with van der Waals surface area (Å²) in [6.07, 6.45) is -2.28. The van der Waals surface area contributed by atoms with Gasteiger partial charge in [0.15, 0.2) is 0 Å². The first kappa shape index (κ1) is 25.6. The Balaban J connectivity index is 1.80. The molecule has 0 bridgehead atoms. The van der Waals surface area contributed by atoms with Crippen molar-refractivity contribution in [2.45, 2.75) is 30.5 Å². The van der Waals surface area contributed by atoms with Gasteiger partial charge in [-0.3, -0.25) is 0 Å². The molecule has 5 atom stereocenters. The van der Waals surface area contributed by atoms with Crippen LogP contribution in [0, 0.1) is 0 Å². The van der Waals surface area contributed by atoms with Crippen LogP contribution in [0.4, 0.5) is 0 Å². The van der Waals surface area contributed by atoms with E-state index in [-0.39, 0.29) is 6.54 Å². The highest BCUT2D eigenvalue weighted by atomic mass is 31.2. The minimum atomic E-state index is -3.84. The Morgan fingerprint density at radius 1 is 0.758 bits per heavy atom. The molecule has 0 aliphatic carbocycles. The summed E-state index contributed by atoms with van der Waals surface area (Å²) < 4.78 is 53.8. The van der Waals surface area contributed by atoms with Gasteiger partial charge in [-0.05, 0) is 24.3 Å². The number of ether oxygens (including phenoxy) is 5. The quantitative estimate of drug-likeness (QED) is 0.458. The molecule has 0 saturated carbocycles. The van der Waals surface area contributed by atoms with E-state index in [4.69, 9.17) is 32.7 Å². The average Bonchev–Trinajstić information content (AvgIpc) is 2.83. The van der Waals surface area contributed by atoms with Gasteiger partial charge in [-0.15, -0.1) is 0 Å². The predicted octanol–water partition coefficient (Wildman–Crippen LogP) is 3.30. The van der Waals surface area contributed by atoms with Gasteiger partial charge >= 0.3 is 7.75 Å². The van der Waals surface area contributed by atoms with Crippen LogP contribution in [0.2, 0.25) is 0 Å². The lowest BCUT2D eigenvalue weighted by Crippen LogP contribution is -2.62. The number of para-hydroxylation sites is 2. The molecule has 1 N–H and O–H groups in total. The van der Waals surface area contributed by atoms with E-state index in [1.165, 1.54) is 0 Å². The summed E-state index contributed by atoms with van der Waals surface area (Å²) in [6, 6.07) is 17.7. The Kier molecular flexibility index (Phi) is 9.70. The van der Waals surface area contributed by atoms with E-state index in [1.807, 2.05) is 12.1 Å². The number of hydrogen-bond acceptors (Lipinski definition) is 8. The Hall–Kier alpha value is -1.97. The molecule has 1 saturated heterocycles. The maximum atomic E-state index is 13.7. The van der Waals surface area contributed by atoms with Crippen LogP contribution in [0.5, 0.6) is 11.5 Å². The molecular formula is C23H32NO8P. The van der Waals surface area contributed by atoms with E-state index in [0.29, 0.717) is 18.1 Å². The molecule has 1 aliphatic rings. The molecule has 0 amide bonds. The summed E-state index contributed by atoms with van der Waals surface area (Å²) in [7, 11) is 2.49. The van der Waals surface area contributed by atoms with Gasteiger partial charge < -0.3 is 32.7 Å². The maximum absolute atomic E-state index is 13.7. The Labute approximate surface area is 194 Å². The molecule has 2 aromatic carbocycles. The van der Waals surface area contributed by atoms with Crippen molar-refractivity contribution in [3.8, 4) is 11.5 Å². The topological polar surface area (TPSA) is 93.7 Å². The van der Waals surface area contributed by atoms with E-state index < -0.39 is 38.3 Å². The number of methoxy groups -OCH3 is 4. The molecule has 0 aromatic heterocycles. The van der Waals surface area contributed by atoms with E-state index in [1.54, 1.807) is 77.0 Å². The largest absolute Gasteiger partial charge is 0.512 e. The first-order valence-electron chi connectivity index (χ1n) is 10.6. The van der Waals surface area contributed by atoms with E-state index in [9.17, 15) is 4.57 Å². The zero-order valence-corrected chi connectivity index (χ0v) is 20.2. The van der Waals surface area contributed by atoms with E-state index in [0.717, 1.165) is 0 Å². The second-order valence-corrected chi connectivity index (χ2v) is 9.11. The lowest BCUT2D eigenvalue weighted by molar-refractivity contribution is -0.247. The zero-order valence-electron chi connectivity index (χ0n) is 19.3. The van der Waals surface area contributed by atoms with Gasteiger partial charge in [0.1, 0.15) is 35.9 Å². The summed E-state index contributed by atoms with van der Waals surface area (Å²) in [5, 5.41) is 2.94. The Morgan fingerprint density at radius 3 is 1.70 bits per heavy atom. The molecule has 1 aliphatic heterocycles. The summed E-state index contributed by atoms with van der Waals surface area (Å²) in [6.45, 7) is 0.399. The van der Waals surface area contributed by atoms with Crippen molar-refractivity contribution in [3.05, 3.63) is 60.7 Å². The highest BCUT2D eigenvalue weighted by Gasteiger charge is 2.47. The van der Waals surface area contributed by atoms with Crippen molar-refractivity contribution in [1.82, 2.24) is 5.09 Å². The third-order valence-electron chi connectivity index (χ3n) is 5.30. The minimum Gasteiger partial charge on any atom is -0.405 e. The summed E-state index contributed by atoms with van der Waals surface area (Å²) in [4.78, 5) is 0. The molecule has 182 valence electrons. The van der Waals surface area contributed by atoms with Crippen LogP contribution in [0.25, 0.3) is 0 Å². The lowest BCUT2D eigenvalue weighted by Gasteiger charge is -2.45. The standard InChI is InChI=1S/C23H32NO8P/c1-26-16-20-22(28-3)23(29-4)21(27-2)19(30-20)15-24-33(25,31-17-11-7-5-8-12-17)32-18-13-9-6-10-14-18/h5-14,19-23H,15-16H2,1-4H3,(H,24,25)/t19-,20-,21+,22-,23-/m1/s1. The normalized spacial score (nSPS) is 25.5. The van der Waals surface area contributed by atoms with Crippen LogP contribution in [0.15, 0.2) is 60.7 Å². The highest BCUT2D eigenvalue weighted by molar-refractivity contribution is 7.52. The first-order chi connectivity index (χ1) is 16.0. The highest BCUT2D eigenvalue weighted by Crippen LogP contribution is 2.45. The molecule has 0 radical (unpaired) electrons. The van der Waals surface area contributed by atoms with E-state index >= 15 is 0 Å². The van der Waals surface area contributed by atoms with Crippen LogP contribution in [-0.2, 0) is 28.2 Å². The number of nitrogens with one attached hydrogen (secondary N) is 1. The summed E-state index contributed by atoms with van der Waals surface area (Å²) in [5.74, 6) is 0.812. The third kappa shape index (κ3) is 6.77. The molecular weight excluding hydrogens is 449 g/mol. The van der Waals surface area contributed by atoms with Crippen LogP contribution in [0.3, 0.4) is 0 Å². The Bertz CT molecular complexity index is 826. The predicted molar refractivity (Wildman–Crippen MR) is 123 cm³/mol. The molecule has 0 unspecified atom stereocenters. The van der Waals surface area contributed by atoms with E-state index in [2.05, 4.69) is 5.09 Å².